The van der Waals surface area contributed by atoms with Gasteiger partial charge in [0.05, 0.1) is 6.61 Å². The summed E-state index contributed by atoms with van der Waals surface area (Å²) in [6.07, 6.45) is -0.968. The summed E-state index contributed by atoms with van der Waals surface area (Å²) >= 11 is 0. The zero-order valence-electron chi connectivity index (χ0n) is 14.5. The largest absolute Gasteiger partial charge is 0.417 e. The van der Waals surface area contributed by atoms with Gasteiger partial charge in [0.15, 0.2) is 11.9 Å². The lowest BCUT2D eigenvalue weighted by molar-refractivity contribution is -0.218. The van der Waals surface area contributed by atoms with Crippen LogP contribution in [0, 0.1) is 0 Å². The minimum atomic E-state index is -1.63. The van der Waals surface area contributed by atoms with Crippen LogP contribution in [0.3, 0.4) is 0 Å². The molecule has 0 bridgehead atoms. The fraction of sp³-hybridized carbons (Fsp3) is 0.556. The molecule has 7 nitrogen and oxygen atoms in total. The van der Waals surface area contributed by atoms with E-state index in [2.05, 4.69) is 6.92 Å². The number of nitrogens with zero attached hydrogens (tertiary/aromatic N) is 1. The third-order valence-electron chi connectivity index (χ3n) is 4.79. The van der Waals surface area contributed by atoms with E-state index < -0.39 is 35.7 Å². The number of hydrogen-bond acceptors (Lipinski definition) is 6. The van der Waals surface area contributed by atoms with Crippen LogP contribution < -0.4 is 4.90 Å². The lowest BCUT2D eigenvalue weighted by Gasteiger charge is -2.34. The fourth-order valence-corrected chi connectivity index (χ4v) is 3.50. The molecule has 1 aromatic carbocycles. The average molecular weight is 347 g/mol. The van der Waals surface area contributed by atoms with Gasteiger partial charge in [0, 0.05) is 5.69 Å². The Kier molecular flexibility index (Phi) is 3.64. The van der Waals surface area contributed by atoms with Crippen LogP contribution in [0.5, 0.6) is 0 Å². The van der Waals surface area contributed by atoms with E-state index in [-0.39, 0.29) is 13.2 Å². The Morgan fingerprint density at radius 1 is 1.16 bits per heavy atom. The molecular weight excluding hydrogens is 326 g/mol. The molecule has 3 heterocycles. The van der Waals surface area contributed by atoms with E-state index in [0.717, 1.165) is 12.0 Å². The minimum Gasteiger partial charge on any atom is -0.407 e. The van der Waals surface area contributed by atoms with Crippen molar-refractivity contribution < 1.29 is 28.5 Å². The zero-order chi connectivity index (χ0) is 17.8. The Bertz CT molecular complexity index is 715. The highest BCUT2D eigenvalue weighted by atomic mass is 16.8. The first-order valence-corrected chi connectivity index (χ1v) is 8.47. The van der Waals surface area contributed by atoms with E-state index in [1.807, 2.05) is 24.3 Å². The van der Waals surface area contributed by atoms with E-state index in [0.29, 0.717) is 5.69 Å². The zero-order valence-corrected chi connectivity index (χ0v) is 14.5. The SMILES string of the molecule is CCc1ccc(N2C[C@]3(OC[C@H]4OC(C)(C)O[C@H]4C3=O)OC2=O)cc1. The second kappa shape index (κ2) is 5.52. The van der Waals surface area contributed by atoms with Gasteiger partial charge in [0.25, 0.3) is 5.79 Å². The number of Topliss-reactive ketones (excluding diaryl/α,β-unsaturated/α-hetero) is 1. The van der Waals surface area contributed by atoms with Crippen molar-refractivity contribution in [2.24, 2.45) is 0 Å². The van der Waals surface area contributed by atoms with Gasteiger partial charge in [-0.05, 0) is 38.0 Å². The second-order valence-corrected chi connectivity index (χ2v) is 7.00. The van der Waals surface area contributed by atoms with Crippen molar-refractivity contribution in [2.45, 2.75) is 51.0 Å². The molecule has 3 aliphatic rings. The number of ketones is 1. The number of rotatable bonds is 2. The summed E-state index contributed by atoms with van der Waals surface area (Å²) in [5, 5.41) is 0. The van der Waals surface area contributed by atoms with Gasteiger partial charge in [0.1, 0.15) is 12.6 Å². The van der Waals surface area contributed by atoms with E-state index in [1.54, 1.807) is 13.8 Å². The maximum absolute atomic E-state index is 12.9. The molecule has 3 atom stereocenters. The molecule has 0 unspecified atom stereocenters. The van der Waals surface area contributed by atoms with Gasteiger partial charge in [-0.2, -0.15) is 0 Å². The van der Waals surface area contributed by atoms with E-state index >= 15 is 0 Å². The number of fused-ring (bicyclic) bond motifs is 1. The van der Waals surface area contributed by atoms with Crippen LogP contribution in [0.2, 0.25) is 0 Å². The van der Waals surface area contributed by atoms with Crippen LogP contribution >= 0.6 is 0 Å². The third kappa shape index (κ3) is 2.63. The van der Waals surface area contributed by atoms with Crippen molar-refractivity contribution in [3.05, 3.63) is 29.8 Å². The topological polar surface area (TPSA) is 74.3 Å². The summed E-state index contributed by atoms with van der Waals surface area (Å²) in [6.45, 7) is 5.68. The Balaban J connectivity index is 1.57. The Hall–Kier alpha value is -1.96. The molecule has 0 saturated carbocycles. The Labute approximate surface area is 145 Å². The van der Waals surface area contributed by atoms with Crippen molar-refractivity contribution in [1.82, 2.24) is 0 Å². The molecule has 0 aliphatic carbocycles. The van der Waals surface area contributed by atoms with Gasteiger partial charge in [-0.3, -0.25) is 9.69 Å². The Morgan fingerprint density at radius 2 is 1.88 bits per heavy atom. The number of carbonyl (C=O) groups excluding carboxylic acids is 2. The molecule has 25 heavy (non-hydrogen) atoms. The lowest BCUT2D eigenvalue weighted by atomic mass is 9.98. The molecule has 3 aliphatic heterocycles. The van der Waals surface area contributed by atoms with Gasteiger partial charge < -0.3 is 18.9 Å². The quantitative estimate of drug-likeness (QED) is 0.815. The highest BCUT2D eigenvalue weighted by Crippen LogP contribution is 2.40. The number of carbonyl (C=O) groups is 2. The predicted molar refractivity (Wildman–Crippen MR) is 87.2 cm³/mol. The van der Waals surface area contributed by atoms with Crippen LogP contribution in [0.1, 0.15) is 26.3 Å². The highest BCUT2D eigenvalue weighted by molar-refractivity contribution is 6.00. The molecule has 3 saturated heterocycles. The number of amides is 1. The summed E-state index contributed by atoms with van der Waals surface area (Å²) in [6, 6.07) is 7.58. The first-order chi connectivity index (χ1) is 11.8. The molecule has 7 heteroatoms. The van der Waals surface area contributed by atoms with Crippen molar-refractivity contribution in [3.8, 4) is 0 Å². The van der Waals surface area contributed by atoms with Crippen molar-refractivity contribution in [2.75, 3.05) is 18.1 Å². The molecular formula is C18H21NO6. The van der Waals surface area contributed by atoms with Crippen molar-refractivity contribution >= 4 is 17.6 Å². The van der Waals surface area contributed by atoms with Crippen LogP contribution in [0.4, 0.5) is 10.5 Å². The van der Waals surface area contributed by atoms with Crippen molar-refractivity contribution in [3.63, 3.8) is 0 Å². The average Bonchev–Trinajstić information content (AvgIpc) is 3.09. The minimum absolute atomic E-state index is 0.00312. The normalized spacial score (nSPS) is 33.6. The number of benzene rings is 1. The molecule has 1 aromatic rings. The van der Waals surface area contributed by atoms with Gasteiger partial charge >= 0.3 is 6.09 Å². The summed E-state index contributed by atoms with van der Waals surface area (Å²) in [5.41, 5.74) is 1.83. The maximum Gasteiger partial charge on any atom is 0.417 e. The summed E-state index contributed by atoms with van der Waals surface area (Å²) in [4.78, 5) is 26.7. The molecule has 4 rings (SSSR count). The van der Waals surface area contributed by atoms with E-state index in [9.17, 15) is 9.59 Å². The van der Waals surface area contributed by atoms with Crippen LogP contribution in [0.15, 0.2) is 24.3 Å². The number of anilines is 1. The molecule has 0 aromatic heterocycles. The van der Waals surface area contributed by atoms with E-state index in [1.165, 1.54) is 4.90 Å². The monoisotopic (exact) mass is 347 g/mol. The molecule has 0 radical (unpaired) electrons. The maximum atomic E-state index is 12.9. The van der Waals surface area contributed by atoms with Gasteiger partial charge in [-0.1, -0.05) is 19.1 Å². The van der Waals surface area contributed by atoms with Crippen LogP contribution in [-0.4, -0.2) is 48.8 Å². The second-order valence-electron chi connectivity index (χ2n) is 7.00. The van der Waals surface area contributed by atoms with Gasteiger partial charge in [-0.15, -0.1) is 0 Å². The number of hydrogen-bond donors (Lipinski definition) is 0. The molecule has 3 fully saturated rings. The fourth-order valence-electron chi connectivity index (χ4n) is 3.50. The first-order valence-electron chi connectivity index (χ1n) is 8.47. The third-order valence-corrected chi connectivity index (χ3v) is 4.79. The smallest absolute Gasteiger partial charge is 0.407 e. The van der Waals surface area contributed by atoms with E-state index in [4.69, 9.17) is 18.9 Å². The summed E-state index contributed by atoms with van der Waals surface area (Å²) < 4.78 is 22.4. The summed E-state index contributed by atoms with van der Waals surface area (Å²) in [5.74, 6) is -2.90. The van der Waals surface area contributed by atoms with Gasteiger partial charge in [-0.25, -0.2) is 4.79 Å². The first kappa shape index (κ1) is 16.5. The molecule has 0 N–H and O–H groups in total. The van der Waals surface area contributed by atoms with Crippen molar-refractivity contribution in [1.29, 1.82) is 0 Å². The number of ether oxygens (including phenoxy) is 4. The summed E-state index contributed by atoms with van der Waals surface area (Å²) in [7, 11) is 0. The molecule has 1 amide bonds. The lowest BCUT2D eigenvalue weighted by Crippen LogP contribution is -2.59. The van der Waals surface area contributed by atoms with Gasteiger partial charge in [0.2, 0.25) is 5.78 Å². The molecule has 1 spiro atoms. The highest BCUT2D eigenvalue weighted by Gasteiger charge is 2.63. The van der Waals surface area contributed by atoms with Crippen LogP contribution in [0.25, 0.3) is 0 Å². The van der Waals surface area contributed by atoms with Crippen LogP contribution in [-0.2, 0) is 30.2 Å². The molecule has 134 valence electrons. The Morgan fingerprint density at radius 3 is 2.56 bits per heavy atom. The standard InChI is InChI=1S/C18H21NO6/c1-4-11-5-7-12(8-6-11)19-10-18(25-16(19)21)15(20)14-13(9-22-18)23-17(2,3)24-14/h5-8,13-14H,4,9-10H2,1-3H3/t13-,14-,18+/m1/s1. The number of aryl methyl sites for hydroxylation is 1. The predicted octanol–water partition coefficient (Wildman–Crippen LogP) is 2.02.